The van der Waals surface area contributed by atoms with Gasteiger partial charge in [0.25, 0.3) is 11.7 Å². The summed E-state index contributed by atoms with van der Waals surface area (Å²) in [5.41, 5.74) is -1.25. The number of benzene rings is 1. The molecular formula is C24H30F2N2O5. The van der Waals surface area contributed by atoms with Gasteiger partial charge in [0.1, 0.15) is 5.60 Å². The van der Waals surface area contributed by atoms with Gasteiger partial charge in [-0.15, -0.1) is 0 Å². The SMILES string of the molecule is CC(C)(C)OC(=O)NC1CCC(C2(C)Oc3c(F)c4c(c(F)c3O2)C2(CC2)CNC4=O)CC1. The zero-order valence-electron chi connectivity index (χ0n) is 19.4. The molecule has 4 aliphatic rings. The topological polar surface area (TPSA) is 85.9 Å². The van der Waals surface area contributed by atoms with Crippen LogP contribution in [0.1, 0.15) is 82.1 Å². The zero-order valence-corrected chi connectivity index (χ0v) is 19.4. The first-order valence-electron chi connectivity index (χ1n) is 11.6. The number of carbonyl (C=O) groups excluding carboxylic acids is 2. The maximum atomic E-state index is 15.6. The number of nitrogens with one attached hydrogen (secondary N) is 2. The minimum Gasteiger partial charge on any atom is -0.445 e. The molecule has 2 aliphatic carbocycles. The summed E-state index contributed by atoms with van der Waals surface area (Å²) in [6, 6.07) is -0.0531. The molecule has 2 saturated carbocycles. The Bertz CT molecular complexity index is 1020. The Morgan fingerprint density at radius 3 is 2.27 bits per heavy atom. The molecule has 1 aromatic rings. The monoisotopic (exact) mass is 464 g/mol. The highest BCUT2D eigenvalue weighted by Crippen LogP contribution is 2.57. The van der Waals surface area contributed by atoms with Crippen molar-refractivity contribution in [2.75, 3.05) is 6.54 Å². The van der Waals surface area contributed by atoms with Gasteiger partial charge in [-0.25, -0.2) is 13.6 Å². The molecule has 9 heteroatoms. The van der Waals surface area contributed by atoms with E-state index in [0.29, 0.717) is 45.1 Å². The molecule has 1 atom stereocenters. The molecule has 2 fully saturated rings. The molecule has 2 N–H and O–H groups in total. The van der Waals surface area contributed by atoms with Gasteiger partial charge in [-0.2, -0.15) is 0 Å². The first-order chi connectivity index (χ1) is 15.4. The van der Waals surface area contributed by atoms with Crippen molar-refractivity contribution in [3.8, 4) is 11.5 Å². The van der Waals surface area contributed by atoms with Crippen LogP contribution in [-0.2, 0) is 10.2 Å². The second-order valence-corrected chi connectivity index (χ2v) is 10.9. The molecular weight excluding hydrogens is 434 g/mol. The van der Waals surface area contributed by atoms with Crippen molar-refractivity contribution in [2.24, 2.45) is 5.92 Å². The van der Waals surface area contributed by atoms with Gasteiger partial charge >= 0.3 is 6.09 Å². The summed E-state index contributed by atoms with van der Waals surface area (Å²) in [5, 5.41) is 5.57. The quantitative estimate of drug-likeness (QED) is 0.681. The number of fused-ring (bicyclic) bond motifs is 3. The number of amides is 2. The van der Waals surface area contributed by atoms with E-state index in [1.807, 2.05) is 20.8 Å². The minimum atomic E-state index is -1.25. The smallest absolute Gasteiger partial charge is 0.407 e. The number of rotatable bonds is 2. The molecule has 2 aliphatic heterocycles. The van der Waals surface area contributed by atoms with Crippen molar-refractivity contribution < 1.29 is 32.6 Å². The zero-order chi connectivity index (χ0) is 23.8. The van der Waals surface area contributed by atoms with Crippen molar-refractivity contribution >= 4 is 12.0 Å². The highest BCUT2D eigenvalue weighted by atomic mass is 19.1. The molecule has 1 spiro atoms. The summed E-state index contributed by atoms with van der Waals surface area (Å²) in [5.74, 6) is -4.10. The first-order valence-corrected chi connectivity index (χ1v) is 11.6. The average Bonchev–Trinajstić information content (AvgIpc) is 3.40. The fourth-order valence-corrected chi connectivity index (χ4v) is 5.37. The van der Waals surface area contributed by atoms with E-state index in [1.165, 1.54) is 0 Å². The van der Waals surface area contributed by atoms with Gasteiger partial charge in [-0.05, 0) is 59.3 Å². The van der Waals surface area contributed by atoms with Crippen LogP contribution in [0, 0.1) is 17.6 Å². The van der Waals surface area contributed by atoms with Crippen LogP contribution in [0.3, 0.4) is 0 Å². The molecule has 1 aromatic carbocycles. The van der Waals surface area contributed by atoms with Crippen LogP contribution < -0.4 is 20.1 Å². The summed E-state index contributed by atoms with van der Waals surface area (Å²) in [6.07, 6.45) is 3.53. The maximum Gasteiger partial charge on any atom is 0.407 e. The van der Waals surface area contributed by atoms with Crippen molar-refractivity contribution in [1.82, 2.24) is 10.6 Å². The fraction of sp³-hybridized carbons (Fsp3) is 0.667. The van der Waals surface area contributed by atoms with E-state index >= 15 is 8.78 Å². The molecule has 7 nitrogen and oxygen atoms in total. The van der Waals surface area contributed by atoms with Crippen LogP contribution in [0.5, 0.6) is 11.5 Å². The third-order valence-corrected chi connectivity index (χ3v) is 7.29. The van der Waals surface area contributed by atoms with Crippen molar-refractivity contribution in [3.05, 3.63) is 22.8 Å². The lowest BCUT2D eigenvalue weighted by molar-refractivity contribution is -0.123. The van der Waals surface area contributed by atoms with Gasteiger partial charge in [0.05, 0.1) is 5.56 Å². The van der Waals surface area contributed by atoms with Gasteiger partial charge in [0.2, 0.25) is 11.5 Å². The van der Waals surface area contributed by atoms with Crippen LogP contribution in [0.2, 0.25) is 0 Å². The van der Waals surface area contributed by atoms with Crippen molar-refractivity contribution in [2.45, 2.75) is 89.1 Å². The van der Waals surface area contributed by atoms with Crippen LogP contribution >= 0.6 is 0 Å². The highest BCUT2D eigenvalue weighted by Gasteiger charge is 2.56. The van der Waals surface area contributed by atoms with E-state index in [1.54, 1.807) is 6.92 Å². The van der Waals surface area contributed by atoms with E-state index in [9.17, 15) is 9.59 Å². The number of alkyl carbamates (subject to hydrolysis) is 1. The van der Waals surface area contributed by atoms with Crippen LogP contribution in [0.15, 0.2) is 0 Å². The lowest BCUT2D eigenvalue weighted by Crippen LogP contribution is -2.48. The molecule has 1 unspecified atom stereocenters. The maximum absolute atomic E-state index is 15.6. The van der Waals surface area contributed by atoms with Gasteiger partial charge in [0, 0.05) is 36.4 Å². The number of ether oxygens (including phenoxy) is 3. The van der Waals surface area contributed by atoms with E-state index in [2.05, 4.69) is 10.6 Å². The van der Waals surface area contributed by atoms with E-state index in [0.717, 1.165) is 0 Å². The number of hydrogen-bond donors (Lipinski definition) is 2. The molecule has 33 heavy (non-hydrogen) atoms. The van der Waals surface area contributed by atoms with Crippen molar-refractivity contribution in [1.29, 1.82) is 0 Å². The standard InChI is InChI=1S/C24H30F2N2O5/c1-22(2,3)33-21(30)28-13-7-5-12(6-8-13)23(4)31-18-16(25)14-15(17(26)19(18)32-23)24(9-10-24)11-27-20(14)29/h12-13H,5-11H2,1-4H3,(H,27,29)(H,28,30). The number of halogens is 2. The second-order valence-electron chi connectivity index (χ2n) is 10.9. The predicted octanol–water partition coefficient (Wildman–Crippen LogP) is 4.31. The Balaban J connectivity index is 1.32. The molecule has 0 radical (unpaired) electrons. The predicted molar refractivity (Wildman–Crippen MR) is 114 cm³/mol. The van der Waals surface area contributed by atoms with Crippen molar-refractivity contribution in [3.63, 3.8) is 0 Å². The second kappa shape index (κ2) is 7.21. The third kappa shape index (κ3) is 3.69. The Morgan fingerprint density at radius 2 is 1.70 bits per heavy atom. The lowest BCUT2D eigenvalue weighted by atomic mass is 9.81. The van der Waals surface area contributed by atoms with E-state index in [4.69, 9.17) is 14.2 Å². The summed E-state index contributed by atoms with van der Waals surface area (Å²) in [7, 11) is 0. The Kier molecular flexibility index (Phi) is 4.85. The molecule has 180 valence electrons. The van der Waals surface area contributed by atoms with Gasteiger partial charge in [-0.3, -0.25) is 4.79 Å². The molecule has 5 rings (SSSR count). The molecule has 0 aromatic heterocycles. The van der Waals surface area contributed by atoms with Gasteiger partial charge < -0.3 is 24.8 Å². The first kappa shape index (κ1) is 22.2. The molecule has 2 amide bonds. The fourth-order valence-electron chi connectivity index (χ4n) is 5.37. The summed E-state index contributed by atoms with van der Waals surface area (Å²) >= 11 is 0. The van der Waals surface area contributed by atoms with E-state index < -0.39 is 40.4 Å². The lowest BCUT2D eigenvalue weighted by Gasteiger charge is -2.37. The Morgan fingerprint density at radius 1 is 1.09 bits per heavy atom. The highest BCUT2D eigenvalue weighted by molar-refractivity contribution is 5.99. The summed E-state index contributed by atoms with van der Waals surface area (Å²) < 4.78 is 48.2. The molecule has 0 saturated heterocycles. The Hall–Kier alpha value is -2.58. The van der Waals surface area contributed by atoms with Gasteiger partial charge in [-0.1, -0.05) is 0 Å². The normalized spacial score (nSPS) is 29.3. The number of carbonyl (C=O) groups is 2. The number of hydrogen-bond acceptors (Lipinski definition) is 5. The van der Waals surface area contributed by atoms with Gasteiger partial charge in [0.15, 0.2) is 11.6 Å². The minimum absolute atomic E-state index is 0.0531. The summed E-state index contributed by atoms with van der Waals surface area (Å²) in [6.45, 7) is 7.41. The average molecular weight is 465 g/mol. The van der Waals surface area contributed by atoms with Crippen LogP contribution in [-0.4, -0.2) is 36.0 Å². The largest absolute Gasteiger partial charge is 0.445 e. The Labute approximate surface area is 191 Å². The third-order valence-electron chi connectivity index (χ3n) is 7.29. The molecule has 0 bridgehead atoms. The summed E-state index contributed by atoms with van der Waals surface area (Å²) in [4.78, 5) is 24.5. The van der Waals surface area contributed by atoms with Crippen LogP contribution in [0.4, 0.5) is 13.6 Å². The molecule has 2 heterocycles. The van der Waals surface area contributed by atoms with E-state index in [-0.39, 0.29) is 34.6 Å². The van der Waals surface area contributed by atoms with Crippen LogP contribution in [0.25, 0.3) is 0 Å².